The van der Waals surface area contributed by atoms with E-state index >= 15 is 0 Å². The van der Waals surface area contributed by atoms with Gasteiger partial charge in [-0.3, -0.25) is 14.6 Å². The number of carbonyl (C=O) groups excluding carboxylic acids is 1. The molecule has 5 aromatic rings. The maximum atomic E-state index is 13.0. The third-order valence-electron chi connectivity index (χ3n) is 5.75. The summed E-state index contributed by atoms with van der Waals surface area (Å²) in [4.78, 5) is 34.2. The van der Waals surface area contributed by atoms with E-state index in [1.807, 2.05) is 41.8 Å². The summed E-state index contributed by atoms with van der Waals surface area (Å²) < 4.78 is 7.19. The summed E-state index contributed by atoms with van der Waals surface area (Å²) in [6, 6.07) is 14.8. The van der Waals surface area contributed by atoms with Crippen LogP contribution in [-0.4, -0.2) is 25.7 Å². The Morgan fingerprint density at radius 2 is 2.00 bits per heavy atom. The van der Waals surface area contributed by atoms with E-state index in [9.17, 15) is 9.59 Å². The quantitative estimate of drug-likeness (QED) is 0.412. The lowest BCUT2D eigenvalue weighted by Gasteiger charge is -2.15. The van der Waals surface area contributed by atoms with Crippen LogP contribution in [-0.2, 0) is 12.8 Å². The number of furan rings is 1. The number of aromatic amines is 1. The van der Waals surface area contributed by atoms with E-state index in [0.29, 0.717) is 17.1 Å². The molecule has 4 heterocycles. The lowest BCUT2D eigenvalue weighted by molar-refractivity contribution is 0.0998. The first kappa shape index (κ1) is 19.7. The van der Waals surface area contributed by atoms with E-state index in [-0.39, 0.29) is 17.3 Å². The number of anilines is 1. The predicted molar refractivity (Wildman–Crippen MR) is 126 cm³/mol. The van der Waals surface area contributed by atoms with Crippen LogP contribution in [0.15, 0.2) is 63.1 Å². The van der Waals surface area contributed by atoms with Crippen LogP contribution in [0.25, 0.3) is 27.5 Å². The number of hydrogen-bond donors (Lipinski definition) is 2. The molecule has 2 N–H and O–H groups in total. The number of hydrogen-bond acceptors (Lipinski definition) is 6. The molecule has 164 valence electrons. The van der Waals surface area contributed by atoms with Gasteiger partial charge >= 0.3 is 0 Å². The number of fused-ring (bicyclic) bond motifs is 2. The highest BCUT2D eigenvalue weighted by atomic mass is 32.1. The zero-order chi connectivity index (χ0) is 22.4. The molecule has 0 unspecified atom stereocenters. The van der Waals surface area contributed by atoms with Crippen molar-refractivity contribution in [1.29, 1.82) is 0 Å². The number of thiophene rings is 1. The van der Waals surface area contributed by atoms with Crippen molar-refractivity contribution in [3.05, 3.63) is 81.3 Å². The van der Waals surface area contributed by atoms with Crippen LogP contribution < -0.4 is 10.9 Å². The molecule has 8 nitrogen and oxygen atoms in total. The van der Waals surface area contributed by atoms with Gasteiger partial charge in [-0.15, -0.1) is 11.3 Å². The molecule has 1 aliphatic carbocycles. The van der Waals surface area contributed by atoms with Crippen LogP contribution in [0, 0.1) is 0 Å². The van der Waals surface area contributed by atoms with E-state index in [2.05, 4.69) is 20.4 Å². The Morgan fingerprint density at radius 3 is 2.85 bits per heavy atom. The van der Waals surface area contributed by atoms with Gasteiger partial charge in [0.25, 0.3) is 11.5 Å². The molecule has 1 aromatic carbocycles. The summed E-state index contributed by atoms with van der Waals surface area (Å²) in [7, 11) is 0. The molecule has 0 saturated heterocycles. The fourth-order valence-electron chi connectivity index (χ4n) is 4.14. The maximum absolute atomic E-state index is 13.0. The fourth-order valence-corrected chi connectivity index (χ4v) is 4.82. The summed E-state index contributed by atoms with van der Waals surface area (Å²) in [5.74, 6) is 0.449. The van der Waals surface area contributed by atoms with Crippen LogP contribution in [0.1, 0.15) is 34.7 Å². The molecule has 0 saturated carbocycles. The highest BCUT2D eigenvalue weighted by Crippen LogP contribution is 2.28. The average molecular weight is 458 g/mol. The van der Waals surface area contributed by atoms with Gasteiger partial charge in [-0.05, 0) is 49.3 Å². The molecule has 0 atom stereocenters. The van der Waals surface area contributed by atoms with E-state index in [0.717, 1.165) is 47.2 Å². The number of carbonyl (C=O) groups is 1. The van der Waals surface area contributed by atoms with Gasteiger partial charge in [-0.1, -0.05) is 24.3 Å². The van der Waals surface area contributed by atoms with Gasteiger partial charge in [0, 0.05) is 17.0 Å². The number of aryl methyl sites for hydroxylation is 1. The van der Waals surface area contributed by atoms with Gasteiger partial charge < -0.3 is 9.73 Å². The summed E-state index contributed by atoms with van der Waals surface area (Å²) in [5, 5.41) is 10.3. The van der Waals surface area contributed by atoms with E-state index in [1.54, 1.807) is 12.1 Å². The van der Waals surface area contributed by atoms with Crippen molar-refractivity contribution in [2.24, 2.45) is 0 Å². The number of H-pyrrole nitrogens is 1. The maximum Gasteiger partial charge on any atom is 0.292 e. The standard InChI is InChI=1S/C24H19N5O3S/c30-22-15-7-2-3-8-16(15)25-24(27-22)29-21(13-17(28-29)20-10-5-11-33-20)26-23(31)19-12-14-6-1-4-9-18(14)32-19/h1,4-6,9-13H,2-3,7-8H2,(H,26,31)(H,25,27,30). The molecule has 4 aromatic heterocycles. The third-order valence-corrected chi connectivity index (χ3v) is 6.65. The SMILES string of the molecule is O=C(Nc1cc(-c2cccs2)nn1-c1nc2c(c(=O)[nH]1)CCCC2)c1cc2ccccc2o1. The van der Waals surface area contributed by atoms with E-state index in [1.165, 1.54) is 16.0 Å². The minimum Gasteiger partial charge on any atom is -0.451 e. The Morgan fingerprint density at radius 1 is 1.12 bits per heavy atom. The van der Waals surface area contributed by atoms with Gasteiger partial charge in [0.05, 0.1) is 10.6 Å². The lowest BCUT2D eigenvalue weighted by Crippen LogP contribution is -2.24. The molecule has 0 radical (unpaired) electrons. The second-order valence-electron chi connectivity index (χ2n) is 7.93. The first-order valence-electron chi connectivity index (χ1n) is 10.7. The summed E-state index contributed by atoms with van der Waals surface area (Å²) in [6.07, 6.45) is 3.47. The molecule has 0 aliphatic heterocycles. The summed E-state index contributed by atoms with van der Waals surface area (Å²) in [6.45, 7) is 0. The van der Waals surface area contributed by atoms with Crippen molar-refractivity contribution in [3.8, 4) is 16.5 Å². The monoisotopic (exact) mass is 457 g/mol. The number of benzene rings is 1. The molecule has 33 heavy (non-hydrogen) atoms. The number of nitrogens with zero attached hydrogens (tertiary/aromatic N) is 3. The van der Waals surface area contributed by atoms with E-state index < -0.39 is 5.91 Å². The molecule has 9 heteroatoms. The van der Waals surface area contributed by atoms with Crippen molar-refractivity contribution in [1.82, 2.24) is 19.7 Å². The number of nitrogens with one attached hydrogen (secondary N) is 2. The summed E-state index contributed by atoms with van der Waals surface area (Å²) in [5.41, 5.74) is 2.69. The topological polar surface area (TPSA) is 106 Å². The molecule has 0 bridgehead atoms. The van der Waals surface area contributed by atoms with Gasteiger partial charge in [-0.2, -0.15) is 9.78 Å². The minimum absolute atomic E-state index is 0.155. The van der Waals surface area contributed by atoms with Crippen molar-refractivity contribution >= 4 is 34.0 Å². The Bertz CT molecular complexity index is 1510. The van der Waals surface area contributed by atoms with Crippen LogP contribution in [0.5, 0.6) is 0 Å². The van der Waals surface area contributed by atoms with Gasteiger partial charge in [0.2, 0.25) is 5.95 Å². The molecule has 6 rings (SSSR count). The van der Waals surface area contributed by atoms with Crippen molar-refractivity contribution in [2.75, 3.05) is 5.32 Å². The van der Waals surface area contributed by atoms with E-state index in [4.69, 9.17) is 4.42 Å². The number of aromatic nitrogens is 4. The largest absolute Gasteiger partial charge is 0.451 e. The van der Waals surface area contributed by atoms with Crippen molar-refractivity contribution in [2.45, 2.75) is 25.7 Å². The molecular weight excluding hydrogens is 438 g/mol. The molecule has 1 aliphatic rings. The third kappa shape index (κ3) is 3.56. The summed E-state index contributed by atoms with van der Waals surface area (Å²) >= 11 is 1.54. The average Bonchev–Trinajstić information content (AvgIpc) is 3.58. The lowest BCUT2D eigenvalue weighted by atomic mass is 9.97. The van der Waals surface area contributed by atoms with Gasteiger partial charge in [-0.25, -0.2) is 4.98 Å². The van der Waals surface area contributed by atoms with Gasteiger partial charge in [0.1, 0.15) is 17.1 Å². The van der Waals surface area contributed by atoms with Crippen LogP contribution in [0.2, 0.25) is 0 Å². The molecule has 1 amide bonds. The van der Waals surface area contributed by atoms with Gasteiger partial charge in [0.15, 0.2) is 5.76 Å². The van der Waals surface area contributed by atoms with Crippen LogP contribution >= 0.6 is 11.3 Å². The van der Waals surface area contributed by atoms with Crippen molar-refractivity contribution < 1.29 is 9.21 Å². The smallest absolute Gasteiger partial charge is 0.292 e. The Balaban J connectivity index is 1.42. The van der Waals surface area contributed by atoms with Crippen LogP contribution in [0.4, 0.5) is 5.82 Å². The molecular formula is C24H19N5O3S. The zero-order valence-electron chi connectivity index (χ0n) is 17.5. The Kier molecular flexibility index (Phi) is 4.69. The highest BCUT2D eigenvalue weighted by molar-refractivity contribution is 7.13. The molecule has 0 fully saturated rings. The Hall–Kier alpha value is -3.98. The van der Waals surface area contributed by atoms with Crippen LogP contribution in [0.3, 0.4) is 0 Å². The second-order valence-corrected chi connectivity index (χ2v) is 8.88. The zero-order valence-corrected chi connectivity index (χ0v) is 18.3. The predicted octanol–water partition coefficient (Wildman–Crippen LogP) is 4.56. The Labute approximate surface area is 191 Å². The second kappa shape index (κ2) is 7.86. The number of para-hydroxylation sites is 1. The number of amides is 1. The fraction of sp³-hybridized carbons (Fsp3) is 0.167. The number of rotatable bonds is 4. The van der Waals surface area contributed by atoms with Crippen molar-refractivity contribution in [3.63, 3.8) is 0 Å². The molecule has 0 spiro atoms. The highest BCUT2D eigenvalue weighted by Gasteiger charge is 2.21. The first-order valence-corrected chi connectivity index (χ1v) is 11.6. The minimum atomic E-state index is -0.412. The first-order chi connectivity index (χ1) is 16.2. The normalized spacial score (nSPS) is 13.2.